The van der Waals surface area contributed by atoms with Gasteiger partial charge in [0.25, 0.3) is 0 Å². The van der Waals surface area contributed by atoms with Crippen LogP contribution in [0.1, 0.15) is 25.5 Å². The Balaban J connectivity index is 2.60. The largest absolute Gasteiger partial charge is 0.344 e. The quantitative estimate of drug-likeness (QED) is 0.695. The van der Waals surface area contributed by atoms with Crippen LogP contribution in [0.2, 0.25) is 0 Å². The number of H-pyrrole nitrogens is 1. The summed E-state index contributed by atoms with van der Waals surface area (Å²) in [5, 5.41) is 0. The number of hydrogen-bond donors (Lipinski definition) is 1. The van der Waals surface area contributed by atoms with Gasteiger partial charge in [0.1, 0.15) is 5.52 Å². The van der Waals surface area contributed by atoms with E-state index in [1.165, 1.54) is 0 Å². The van der Waals surface area contributed by atoms with Gasteiger partial charge in [-0.25, -0.2) is 4.98 Å². The second-order valence-corrected chi connectivity index (χ2v) is 3.18. The summed E-state index contributed by atoms with van der Waals surface area (Å²) < 4.78 is 0. The van der Waals surface area contributed by atoms with Gasteiger partial charge in [-0.2, -0.15) is 0 Å². The lowest BCUT2D eigenvalue weighted by atomic mass is 10.1. The highest BCUT2D eigenvalue weighted by Crippen LogP contribution is 2.15. The van der Waals surface area contributed by atoms with Crippen LogP contribution in [-0.4, -0.2) is 15.0 Å². The molecule has 3 heteroatoms. The minimum absolute atomic E-state index is 0.470. The van der Waals surface area contributed by atoms with E-state index in [4.69, 9.17) is 0 Å². The van der Waals surface area contributed by atoms with Gasteiger partial charge in [-0.1, -0.05) is 13.8 Å². The number of fused-ring (bicyclic) bond motifs is 1. The fourth-order valence-electron chi connectivity index (χ4n) is 1.17. The Morgan fingerprint density at radius 3 is 2.92 bits per heavy atom. The number of pyridine rings is 1. The van der Waals surface area contributed by atoms with Gasteiger partial charge in [0.15, 0.2) is 0 Å². The summed E-state index contributed by atoms with van der Waals surface area (Å²) >= 11 is 0. The summed E-state index contributed by atoms with van der Waals surface area (Å²) in [6.07, 6.45) is 3.50. The van der Waals surface area contributed by atoms with Crippen molar-refractivity contribution in [3.8, 4) is 0 Å². The molecule has 1 N–H and O–H groups in total. The number of imidazole rings is 1. The molecule has 2 heterocycles. The Labute approximate surface area is 70.9 Å². The van der Waals surface area contributed by atoms with Crippen LogP contribution < -0.4 is 0 Å². The molecule has 0 saturated heterocycles. The summed E-state index contributed by atoms with van der Waals surface area (Å²) in [6.45, 7) is 4.26. The molecule has 0 saturated carbocycles. The Bertz CT molecular complexity index is 389. The van der Waals surface area contributed by atoms with E-state index < -0.39 is 0 Å². The maximum atomic E-state index is 4.30. The fourth-order valence-corrected chi connectivity index (χ4v) is 1.17. The Morgan fingerprint density at radius 2 is 2.17 bits per heavy atom. The normalized spacial score (nSPS) is 11.2. The number of hydrogen-bond acceptors (Lipinski definition) is 2. The van der Waals surface area contributed by atoms with Gasteiger partial charge in [-0.15, -0.1) is 0 Å². The molecule has 2 aromatic heterocycles. The Morgan fingerprint density at radius 1 is 1.33 bits per heavy atom. The van der Waals surface area contributed by atoms with E-state index in [2.05, 4.69) is 28.8 Å². The molecule has 0 amide bonds. The maximum absolute atomic E-state index is 4.30. The van der Waals surface area contributed by atoms with Crippen molar-refractivity contribution in [2.24, 2.45) is 0 Å². The lowest BCUT2D eigenvalue weighted by Crippen LogP contribution is -1.91. The molecule has 0 aromatic carbocycles. The highest BCUT2D eigenvalue weighted by Gasteiger charge is 2.02. The summed E-state index contributed by atoms with van der Waals surface area (Å²) in [4.78, 5) is 11.5. The molecule has 0 unspecified atom stereocenters. The molecule has 0 fully saturated rings. The first-order valence-electron chi connectivity index (χ1n) is 4.06. The molecule has 12 heavy (non-hydrogen) atoms. The number of aromatic amines is 1. The molecular weight excluding hydrogens is 150 g/mol. The number of rotatable bonds is 1. The van der Waals surface area contributed by atoms with E-state index in [-0.39, 0.29) is 0 Å². The zero-order valence-electron chi connectivity index (χ0n) is 7.20. The third kappa shape index (κ3) is 1.07. The predicted octanol–water partition coefficient (Wildman–Crippen LogP) is 2.08. The summed E-state index contributed by atoms with van der Waals surface area (Å²) in [7, 11) is 0. The molecule has 0 spiro atoms. The van der Waals surface area contributed by atoms with E-state index in [0.29, 0.717) is 5.92 Å². The van der Waals surface area contributed by atoms with Crippen molar-refractivity contribution in [1.82, 2.24) is 15.0 Å². The van der Waals surface area contributed by atoms with Crippen LogP contribution in [-0.2, 0) is 0 Å². The first-order chi connectivity index (χ1) is 5.77. The standard InChI is InChI=1S/C9H11N3/c1-6(2)7-3-8-9(4-10-7)12-5-11-8/h3-6H,1-2H3,(H,11,12). The fraction of sp³-hybridized carbons (Fsp3) is 0.333. The lowest BCUT2D eigenvalue weighted by Gasteiger charge is -2.01. The van der Waals surface area contributed by atoms with Gasteiger partial charge >= 0.3 is 0 Å². The molecule has 2 rings (SSSR count). The zero-order chi connectivity index (χ0) is 8.55. The van der Waals surface area contributed by atoms with Gasteiger partial charge in [0.05, 0.1) is 18.0 Å². The van der Waals surface area contributed by atoms with Crippen LogP contribution >= 0.6 is 0 Å². The van der Waals surface area contributed by atoms with Crippen LogP contribution in [0.4, 0.5) is 0 Å². The molecule has 3 nitrogen and oxygen atoms in total. The van der Waals surface area contributed by atoms with Crippen LogP contribution in [0.15, 0.2) is 18.6 Å². The summed E-state index contributed by atoms with van der Waals surface area (Å²) in [5.41, 5.74) is 3.10. The highest BCUT2D eigenvalue weighted by atomic mass is 14.9. The maximum Gasteiger partial charge on any atom is 0.107 e. The van der Waals surface area contributed by atoms with Crippen molar-refractivity contribution in [1.29, 1.82) is 0 Å². The third-order valence-corrected chi connectivity index (χ3v) is 1.92. The van der Waals surface area contributed by atoms with E-state index in [9.17, 15) is 0 Å². The van der Waals surface area contributed by atoms with E-state index in [0.717, 1.165) is 16.7 Å². The number of nitrogens with zero attached hydrogens (tertiary/aromatic N) is 2. The van der Waals surface area contributed by atoms with Gasteiger partial charge in [0, 0.05) is 5.69 Å². The topological polar surface area (TPSA) is 41.6 Å². The van der Waals surface area contributed by atoms with Crippen LogP contribution in [0.25, 0.3) is 11.0 Å². The summed E-state index contributed by atoms with van der Waals surface area (Å²) in [6, 6.07) is 2.05. The molecule has 0 aliphatic heterocycles. The second kappa shape index (κ2) is 2.59. The Hall–Kier alpha value is -1.38. The van der Waals surface area contributed by atoms with Crippen molar-refractivity contribution in [2.75, 3.05) is 0 Å². The van der Waals surface area contributed by atoms with Gasteiger partial charge in [-0.3, -0.25) is 4.98 Å². The Kier molecular flexibility index (Phi) is 1.57. The number of nitrogens with one attached hydrogen (secondary N) is 1. The van der Waals surface area contributed by atoms with Crippen molar-refractivity contribution in [3.63, 3.8) is 0 Å². The van der Waals surface area contributed by atoms with E-state index in [1.807, 2.05) is 6.07 Å². The van der Waals surface area contributed by atoms with Crippen LogP contribution in [0.5, 0.6) is 0 Å². The molecule has 0 aliphatic carbocycles. The first kappa shape index (κ1) is 7.28. The van der Waals surface area contributed by atoms with E-state index >= 15 is 0 Å². The summed E-state index contributed by atoms with van der Waals surface area (Å²) in [5.74, 6) is 0.470. The van der Waals surface area contributed by atoms with E-state index in [1.54, 1.807) is 12.5 Å². The molecule has 0 radical (unpaired) electrons. The van der Waals surface area contributed by atoms with Crippen molar-refractivity contribution < 1.29 is 0 Å². The van der Waals surface area contributed by atoms with Crippen molar-refractivity contribution >= 4 is 11.0 Å². The second-order valence-electron chi connectivity index (χ2n) is 3.18. The van der Waals surface area contributed by atoms with Gasteiger partial charge in [-0.05, 0) is 12.0 Å². The van der Waals surface area contributed by atoms with Crippen LogP contribution in [0.3, 0.4) is 0 Å². The van der Waals surface area contributed by atoms with Crippen molar-refractivity contribution in [2.45, 2.75) is 19.8 Å². The lowest BCUT2D eigenvalue weighted by molar-refractivity contribution is 0.825. The zero-order valence-corrected chi connectivity index (χ0v) is 7.20. The smallest absolute Gasteiger partial charge is 0.107 e. The number of aromatic nitrogens is 3. The molecule has 2 aromatic rings. The minimum Gasteiger partial charge on any atom is -0.344 e. The molecule has 0 aliphatic rings. The van der Waals surface area contributed by atoms with Crippen LogP contribution in [0, 0.1) is 0 Å². The average molecular weight is 161 g/mol. The molecular formula is C9H11N3. The molecule has 62 valence electrons. The minimum atomic E-state index is 0.470. The van der Waals surface area contributed by atoms with Gasteiger partial charge in [0.2, 0.25) is 0 Å². The highest BCUT2D eigenvalue weighted by molar-refractivity contribution is 5.73. The SMILES string of the molecule is CC(C)c1cc2[nH]cnc2cn1. The predicted molar refractivity (Wildman–Crippen MR) is 48.0 cm³/mol. The van der Waals surface area contributed by atoms with Crippen molar-refractivity contribution in [3.05, 3.63) is 24.3 Å². The monoisotopic (exact) mass is 161 g/mol. The third-order valence-electron chi connectivity index (χ3n) is 1.92. The first-order valence-corrected chi connectivity index (χ1v) is 4.06. The average Bonchev–Trinajstić information content (AvgIpc) is 2.49. The molecule has 0 atom stereocenters. The molecule has 0 bridgehead atoms. The van der Waals surface area contributed by atoms with Gasteiger partial charge < -0.3 is 4.98 Å².